The summed E-state index contributed by atoms with van der Waals surface area (Å²) in [6, 6.07) is 10.5. The van der Waals surface area contributed by atoms with Crippen molar-refractivity contribution in [1.82, 2.24) is 10.2 Å². The van der Waals surface area contributed by atoms with Gasteiger partial charge in [-0.3, -0.25) is 9.69 Å². The van der Waals surface area contributed by atoms with E-state index >= 15 is 0 Å². The number of carbonyl (C=O) groups excluding carboxylic acids is 1. The van der Waals surface area contributed by atoms with Crippen LogP contribution in [0.3, 0.4) is 0 Å². The average Bonchev–Trinajstić information content (AvgIpc) is 2.57. The zero-order valence-corrected chi connectivity index (χ0v) is 13.7. The molecule has 1 aliphatic carbocycles. The van der Waals surface area contributed by atoms with Crippen LogP contribution in [-0.2, 0) is 4.79 Å². The lowest BCUT2D eigenvalue weighted by Gasteiger charge is -2.37. The van der Waals surface area contributed by atoms with Crippen LogP contribution in [0.4, 0.5) is 5.69 Å². The van der Waals surface area contributed by atoms with Crippen molar-refractivity contribution in [3.8, 4) is 0 Å². The SMILES string of the molecule is O=C(CCN1CCN(c2ccccc2)CC1)NCC1(O)CCC1. The Hall–Kier alpha value is -1.59. The predicted molar refractivity (Wildman–Crippen MR) is 91.5 cm³/mol. The van der Waals surface area contributed by atoms with Gasteiger partial charge in [0.25, 0.3) is 0 Å². The lowest BCUT2D eigenvalue weighted by Crippen LogP contribution is -2.49. The molecule has 3 rings (SSSR count). The second-order valence-corrected chi connectivity index (χ2v) is 6.77. The molecule has 1 aromatic rings. The minimum atomic E-state index is -0.628. The molecule has 1 aromatic carbocycles. The van der Waals surface area contributed by atoms with Crippen LogP contribution < -0.4 is 10.2 Å². The van der Waals surface area contributed by atoms with Crippen molar-refractivity contribution < 1.29 is 9.90 Å². The molecule has 1 heterocycles. The highest BCUT2D eigenvalue weighted by Crippen LogP contribution is 2.30. The van der Waals surface area contributed by atoms with Crippen LogP contribution in [0.1, 0.15) is 25.7 Å². The fourth-order valence-electron chi connectivity index (χ4n) is 3.24. The molecule has 2 fully saturated rings. The van der Waals surface area contributed by atoms with E-state index in [1.165, 1.54) is 5.69 Å². The lowest BCUT2D eigenvalue weighted by atomic mass is 9.80. The minimum absolute atomic E-state index is 0.0517. The number of aliphatic hydroxyl groups is 1. The summed E-state index contributed by atoms with van der Waals surface area (Å²) in [6.45, 7) is 5.20. The van der Waals surface area contributed by atoms with E-state index < -0.39 is 5.60 Å². The third-order valence-corrected chi connectivity index (χ3v) is 5.05. The number of nitrogens with one attached hydrogen (secondary N) is 1. The Morgan fingerprint density at radius 1 is 1.13 bits per heavy atom. The van der Waals surface area contributed by atoms with Crippen molar-refractivity contribution in [2.75, 3.05) is 44.2 Å². The van der Waals surface area contributed by atoms with Gasteiger partial charge in [-0.2, -0.15) is 0 Å². The van der Waals surface area contributed by atoms with Crippen LogP contribution >= 0.6 is 0 Å². The monoisotopic (exact) mass is 317 g/mol. The molecule has 126 valence electrons. The highest BCUT2D eigenvalue weighted by molar-refractivity contribution is 5.76. The maximum atomic E-state index is 11.9. The Morgan fingerprint density at radius 3 is 2.43 bits per heavy atom. The smallest absolute Gasteiger partial charge is 0.221 e. The third kappa shape index (κ3) is 4.45. The largest absolute Gasteiger partial charge is 0.388 e. The average molecular weight is 317 g/mol. The molecule has 0 aromatic heterocycles. The van der Waals surface area contributed by atoms with Crippen molar-refractivity contribution in [3.05, 3.63) is 30.3 Å². The molecule has 1 aliphatic heterocycles. The maximum Gasteiger partial charge on any atom is 0.221 e. The van der Waals surface area contributed by atoms with Gasteiger partial charge in [0.1, 0.15) is 0 Å². The van der Waals surface area contributed by atoms with Gasteiger partial charge in [-0.05, 0) is 31.4 Å². The second-order valence-electron chi connectivity index (χ2n) is 6.77. The number of para-hydroxylation sites is 1. The molecule has 0 spiro atoms. The highest BCUT2D eigenvalue weighted by Gasteiger charge is 2.34. The van der Waals surface area contributed by atoms with Crippen LogP contribution in [0.15, 0.2) is 30.3 Å². The number of rotatable bonds is 6. The Balaban J connectivity index is 1.33. The van der Waals surface area contributed by atoms with E-state index in [9.17, 15) is 9.90 Å². The van der Waals surface area contributed by atoms with Gasteiger partial charge < -0.3 is 15.3 Å². The number of nitrogens with zero attached hydrogens (tertiary/aromatic N) is 2. The van der Waals surface area contributed by atoms with E-state index in [1.54, 1.807) is 0 Å². The van der Waals surface area contributed by atoms with Crippen LogP contribution in [0.5, 0.6) is 0 Å². The summed E-state index contributed by atoms with van der Waals surface area (Å²) in [7, 11) is 0. The van der Waals surface area contributed by atoms with Crippen molar-refractivity contribution >= 4 is 11.6 Å². The van der Waals surface area contributed by atoms with Gasteiger partial charge in [0.15, 0.2) is 0 Å². The molecule has 0 atom stereocenters. The van der Waals surface area contributed by atoms with Gasteiger partial charge in [-0.1, -0.05) is 18.2 Å². The van der Waals surface area contributed by atoms with E-state index in [0.29, 0.717) is 13.0 Å². The summed E-state index contributed by atoms with van der Waals surface area (Å²) in [5, 5.41) is 12.9. The number of hydrogen-bond donors (Lipinski definition) is 2. The van der Waals surface area contributed by atoms with Gasteiger partial charge in [0.2, 0.25) is 5.91 Å². The molecular formula is C18H27N3O2. The number of piperazine rings is 1. The molecule has 23 heavy (non-hydrogen) atoms. The maximum absolute atomic E-state index is 11.9. The molecule has 2 aliphatic rings. The second kappa shape index (κ2) is 7.32. The first-order chi connectivity index (χ1) is 11.1. The number of benzene rings is 1. The normalized spacial score (nSPS) is 20.8. The topological polar surface area (TPSA) is 55.8 Å². The van der Waals surface area contributed by atoms with Crippen LogP contribution in [0, 0.1) is 0 Å². The molecule has 1 saturated carbocycles. The Labute approximate surface area is 138 Å². The first-order valence-electron chi connectivity index (χ1n) is 8.66. The molecule has 0 bridgehead atoms. The molecule has 1 amide bonds. The number of anilines is 1. The summed E-state index contributed by atoms with van der Waals surface area (Å²) in [5.74, 6) is 0.0517. The predicted octanol–water partition coefficient (Wildman–Crippen LogP) is 1.23. The minimum Gasteiger partial charge on any atom is -0.388 e. The third-order valence-electron chi connectivity index (χ3n) is 5.05. The fraction of sp³-hybridized carbons (Fsp3) is 0.611. The van der Waals surface area contributed by atoms with Gasteiger partial charge in [-0.25, -0.2) is 0 Å². The van der Waals surface area contributed by atoms with Gasteiger partial charge in [0, 0.05) is 51.4 Å². The van der Waals surface area contributed by atoms with E-state index in [-0.39, 0.29) is 5.91 Å². The molecule has 0 unspecified atom stereocenters. The van der Waals surface area contributed by atoms with E-state index in [0.717, 1.165) is 52.0 Å². The molecule has 2 N–H and O–H groups in total. The molecular weight excluding hydrogens is 290 g/mol. The highest BCUT2D eigenvalue weighted by atomic mass is 16.3. The summed E-state index contributed by atoms with van der Waals surface area (Å²) in [6.07, 6.45) is 3.21. The van der Waals surface area contributed by atoms with E-state index in [4.69, 9.17) is 0 Å². The zero-order valence-electron chi connectivity index (χ0n) is 13.7. The van der Waals surface area contributed by atoms with Crippen molar-refractivity contribution in [1.29, 1.82) is 0 Å². The van der Waals surface area contributed by atoms with Crippen LogP contribution in [-0.4, -0.2) is 60.8 Å². The van der Waals surface area contributed by atoms with Gasteiger partial charge in [0.05, 0.1) is 5.60 Å². The Kier molecular flexibility index (Phi) is 5.18. The van der Waals surface area contributed by atoms with Gasteiger partial charge in [-0.15, -0.1) is 0 Å². The van der Waals surface area contributed by atoms with Crippen LogP contribution in [0.2, 0.25) is 0 Å². The van der Waals surface area contributed by atoms with Gasteiger partial charge >= 0.3 is 0 Å². The van der Waals surface area contributed by atoms with Crippen molar-refractivity contribution in [3.63, 3.8) is 0 Å². The summed E-state index contributed by atoms with van der Waals surface area (Å²) in [4.78, 5) is 16.6. The van der Waals surface area contributed by atoms with E-state index in [1.807, 2.05) is 6.07 Å². The van der Waals surface area contributed by atoms with Crippen LogP contribution in [0.25, 0.3) is 0 Å². The number of hydrogen-bond acceptors (Lipinski definition) is 4. The number of carbonyl (C=O) groups is 1. The summed E-state index contributed by atoms with van der Waals surface area (Å²) < 4.78 is 0. The molecule has 5 nitrogen and oxygen atoms in total. The first-order valence-corrected chi connectivity index (χ1v) is 8.66. The zero-order chi connectivity index (χ0) is 16.1. The Bertz CT molecular complexity index is 508. The Morgan fingerprint density at radius 2 is 1.83 bits per heavy atom. The van der Waals surface area contributed by atoms with Crippen molar-refractivity contribution in [2.45, 2.75) is 31.3 Å². The molecule has 5 heteroatoms. The van der Waals surface area contributed by atoms with Crippen molar-refractivity contribution in [2.24, 2.45) is 0 Å². The quantitative estimate of drug-likeness (QED) is 0.829. The fourth-order valence-corrected chi connectivity index (χ4v) is 3.24. The summed E-state index contributed by atoms with van der Waals surface area (Å²) in [5.41, 5.74) is 0.649. The molecule has 1 saturated heterocycles. The summed E-state index contributed by atoms with van der Waals surface area (Å²) >= 11 is 0. The first kappa shape index (κ1) is 16.3. The number of amides is 1. The van der Waals surface area contributed by atoms with E-state index in [2.05, 4.69) is 39.4 Å². The lowest BCUT2D eigenvalue weighted by molar-refractivity contribution is -0.123. The standard InChI is InChI=1S/C18H27N3O2/c22-17(19-15-18(23)8-4-9-18)7-10-20-11-13-21(14-12-20)16-5-2-1-3-6-16/h1-3,5-6,23H,4,7-15H2,(H,19,22). The molecule has 0 radical (unpaired) electrons.